The second-order valence-corrected chi connectivity index (χ2v) is 6.64. The maximum Gasteiger partial charge on any atom is 0.113 e. The molecule has 6 nitrogen and oxygen atoms in total. The highest BCUT2D eigenvalue weighted by Crippen LogP contribution is 2.14. The van der Waals surface area contributed by atoms with Crippen molar-refractivity contribution in [1.29, 1.82) is 0 Å². The van der Waals surface area contributed by atoms with Gasteiger partial charge in [-0.2, -0.15) is 0 Å². The SMILES string of the molecule is CNC(C)(C)OCC(COC(C)(C)NC)OC(C)(C)NC. The summed E-state index contributed by atoms with van der Waals surface area (Å²) in [4.78, 5) is 0. The molecule has 0 heterocycles. The van der Waals surface area contributed by atoms with E-state index in [1.54, 1.807) is 0 Å². The zero-order valence-corrected chi connectivity index (χ0v) is 15.2. The predicted octanol–water partition coefficient (Wildman–Crippen LogP) is 1.27. The first kappa shape index (κ1) is 20.8. The smallest absolute Gasteiger partial charge is 0.113 e. The molecule has 6 heteroatoms. The molecule has 0 amide bonds. The molecule has 0 spiro atoms. The maximum atomic E-state index is 6.05. The Morgan fingerprint density at radius 3 is 1.29 bits per heavy atom. The van der Waals surface area contributed by atoms with Crippen molar-refractivity contribution in [3.63, 3.8) is 0 Å². The molecule has 0 aromatic rings. The van der Waals surface area contributed by atoms with Gasteiger partial charge in [-0.3, -0.25) is 16.0 Å². The molecule has 0 atom stereocenters. The fourth-order valence-corrected chi connectivity index (χ4v) is 1.34. The number of hydrogen-bond acceptors (Lipinski definition) is 6. The Balaban J connectivity index is 4.62. The first-order valence-electron chi connectivity index (χ1n) is 7.49. The normalized spacial score (nSPS) is 14.0. The molecule has 0 rings (SSSR count). The van der Waals surface area contributed by atoms with Gasteiger partial charge >= 0.3 is 0 Å². The average Bonchev–Trinajstić information content (AvgIpc) is 2.42. The Labute approximate surface area is 130 Å². The van der Waals surface area contributed by atoms with E-state index in [0.717, 1.165) is 0 Å². The van der Waals surface area contributed by atoms with Crippen LogP contribution in [0.1, 0.15) is 41.5 Å². The van der Waals surface area contributed by atoms with E-state index in [-0.39, 0.29) is 6.10 Å². The molecule has 0 aliphatic heterocycles. The molecule has 21 heavy (non-hydrogen) atoms. The maximum absolute atomic E-state index is 6.05. The minimum Gasteiger partial charge on any atom is -0.358 e. The van der Waals surface area contributed by atoms with Crippen LogP contribution in [-0.4, -0.2) is 57.6 Å². The Hall–Kier alpha value is -0.240. The average molecular weight is 305 g/mol. The summed E-state index contributed by atoms with van der Waals surface area (Å²) in [5.41, 5.74) is -1.24. The zero-order chi connectivity index (χ0) is 16.7. The lowest BCUT2D eigenvalue weighted by molar-refractivity contribution is -0.178. The van der Waals surface area contributed by atoms with Crippen LogP contribution in [0, 0.1) is 0 Å². The minimum absolute atomic E-state index is 0.173. The van der Waals surface area contributed by atoms with Crippen LogP contribution < -0.4 is 16.0 Å². The van der Waals surface area contributed by atoms with Crippen molar-refractivity contribution in [2.24, 2.45) is 0 Å². The summed E-state index contributed by atoms with van der Waals surface area (Å²) < 4.78 is 17.8. The Bertz CT molecular complexity index is 274. The molecule has 0 saturated heterocycles. The third kappa shape index (κ3) is 9.39. The van der Waals surface area contributed by atoms with Crippen LogP contribution >= 0.6 is 0 Å². The van der Waals surface area contributed by atoms with Gasteiger partial charge in [0.2, 0.25) is 0 Å². The van der Waals surface area contributed by atoms with Gasteiger partial charge in [0.25, 0.3) is 0 Å². The molecule has 0 aromatic carbocycles. The monoisotopic (exact) mass is 305 g/mol. The lowest BCUT2D eigenvalue weighted by Gasteiger charge is -2.35. The summed E-state index contributed by atoms with van der Waals surface area (Å²) in [5.74, 6) is 0. The van der Waals surface area contributed by atoms with Gasteiger partial charge in [0, 0.05) is 0 Å². The largest absolute Gasteiger partial charge is 0.358 e. The summed E-state index contributed by atoms with van der Waals surface area (Å²) >= 11 is 0. The molecule has 0 saturated carbocycles. The highest BCUT2D eigenvalue weighted by atomic mass is 16.6. The first-order chi connectivity index (χ1) is 9.47. The second kappa shape index (κ2) is 8.41. The van der Waals surface area contributed by atoms with Crippen molar-refractivity contribution in [3.05, 3.63) is 0 Å². The van der Waals surface area contributed by atoms with Gasteiger partial charge in [-0.25, -0.2) is 0 Å². The van der Waals surface area contributed by atoms with Crippen LogP contribution in [0.3, 0.4) is 0 Å². The minimum atomic E-state index is -0.440. The molecular weight excluding hydrogens is 270 g/mol. The highest BCUT2D eigenvalue weighted by Gasteiger charge is 2.27. The summed E-state index contributed by atoms with van der Waals surface area (Å²) in [5, 5.41) is 9.35. The third-order valence-electron chi connectivity index (χ3n) is 3.53. The van der Waals surface area contributed by atoms with E-state index in [4.69, 9.17) is 14.2 Å². The summed E-state index contributed by atoms with van der Waals surface area (Å²) in [6.45, 7) is 12.8. The van der Waals surface area contributed by atoms with Crippen LogP contribution in [0.5, 0.6) is 0 Å². The van der Waals surface area contributed by atoms with Crippen molar-refractivity contribution in [3.8, 4) is 0 Å². The van der Waals surface area contributed by atoms with E-state index in [1.807, 2.05) is 62.7 Å². The lowest BCUT2D eigenvalue weighted by atomic mass is 10.2. The third-order valence-corrected chi connectivity index (χ3v) is 3.53. The van der Waals surface area contributed by atoms with Crippen LogP contribution in [0.4, 0.5) is 0 Å². The van der Waals surface area contributed by atoms with Gasteiger partial charge in [0.1, 0.15) is 23.3 Å². The van der Waals surface area contributed by atoms with Gasteiger partial charge < -0.3 is 14.2 Å². The van der Waals surface area contributed by atoms with E-state index in [9.17, 15) is 0 Å². The molecule has 0 aromatic heterocycles. The Morgan fingerprint density at radius 2 is 1.00 bits per heavy atom. The van der Waals surface area contributed by atoms with E-state index in [2.05, 4.69) is 16.0 Å². The van der Waals surface area contributed by atoms with Crippen LogP contribution in [0.2, 0.25) is 0 Å². The number of nitrogens with one attached hydrogen (secondary N) is 3. The van der Waals surface area contributed by atoms with Crippen molar-refractivity contribution in [1.82, 2.24) is 16.0 Å². The Kier molecular flexibility index (Phi) is 8.31. The van der Waals surface area contributed by atoms with E-state index < -0.39 is 17.2 Å². The Morgan fingerprint density at radius 1 is 0.667 bits per heavy atom. The topological polar surface area (TPSA) is 63.8 Å². The van der Waals surface area contributed by atoms with Crippen LogP contribution in [0.25, 0.3) is 0 Å². The van der Waals surface area contributed by atoms with Gasteiger partial charge in [-0.15, -0.1) is 0 Å². The van der Waals surface area contributed by atoms with E-state index >= 15 is 0 Å². The predicted molar refractivity (Wildman–Crippen MR) is 86.2 cm³/mol. The fourth-order valence-electron chi connectivity index (χ4n) is 1.34. The van der Waals surface area contributed by atoms with Gasteiger partial charge in [0.15, 0.2) is 0 Å². The summed E-state index contributed by atoms with van der Waals surface area (Å²) in [7, 11) is 5.61. The van der Waals surface area contributed by atoms with Gasteiger partial charge in [-0.1, -0.05) is 0 Å². The van der Waals surface area contributed by atoms with Crippen molar-refractivity contribution in [2.75, 3.05) is 34.4 Å². The first-order valence-corrected chi connectivity index (χ1v) is 7.49. The number of hydrogen-bond donors (Lipinski definition) is 3. The molecule has 0 aliphatic carbocycles. The molecule has 0 fully saturated rings. The molecule has 0 unspecified atom stereocenters. The van der Waals surface area contributed by atoms with Gasteiger partial charge in [-0.05, 0) is 62.7 Å². The summed E-state index contributed by atoms with van der Waals surface area (Å²) in [6, 6.07) is 0. The highest BCUT2D eigenvalue weighted by molar-refractivity contribution is 4.71. The molecule has 0 bridgehead atoms. The van der Waals surface area contributed by atoms with Crippen molar-refractivity contribution < 1.29 is 14.2 Å². The molecule has 0 radical (unpaired) electrons. The van der Waals surface area contributed by atoms with E-state index in [1.165, 1.54) is 0 Å². The van der Waals surface area contributed by atoms with Gasteiger partial charge in [0.05, 0.1) is 13.2 Å². The summed E-state index contributed by atoms with van der Waals surface area (Å²) in [6.07, 6.45) is -0.173. The second-order valence-electron chi connectivity index (χ2n) is 6.64. The standard InChI is InChI=1S/C15H35N3O3/c1-13(2,16-7)19-10-12(21-15(5,6)18-9)11-20-14(3,4)17-8/h12,16-18H,10-11H2,1-9H3. The number of rotatable bonds is 11. The van der Waals surface area contributed by atoms with Crippen molar-refractivity contribution >= 4 is 0 Å². The molecule has 0 aliphatic rings. The lowest BCUT2D eigenvalue weighted by Crippen LogP contribution is -2.49. The molecular formula is C15H35N3O3. The van der Waals surface area contributed by atoms with E-state index in [0.29, 0.717) is 13.2 Å². The number of ether oxygens (including phenoxy) is 3. The quantitative estimate of drug-likeness (QED) is 0.500. The van der Waals surface area contributed by atoms with Crippen molar-refractivity contribution in [2.45, 2.75) is 64.8 Å². The zero-order valence-electron chi connectivity index (χ0n) is 15.2. The molecule has 3 N–H and O–H groups in total. The van der Waals surface area contributed by atoms with Crippen LogP contribution in [0.15, 0.2) is 0 Å². The molecule has 128 valence electrons. The van der Waals surface area contributed by atoms with Crippen LogP contribution in [-0.2, 0) is 14.2 Å². The fraction of sp³-hybridized carbons (Fsp3) is 1.00.